The molecule has 1 aromatic heterocycles. The molecule has 1 amide bonds. The predicted octanol–water partition coefficient (Wildman–Crippen LogP) is 5.35. The Balaban J connectivity index is 1.57. The molecule has 0 atom stereocenters. The van der Waals surface area contributed by atoms with Crippen LogP contribution in [-0.2, 0) is 10.5 Å². The van der Waals surface area contributed by atoms with Crippen LogP contribution in [0.1, 0.15) is 5.56 Å². The number of carbonyl (C=O) groups excluding carboxylic acids is 1. The van der Waals surface area contributed by atoms with Gasteiger partial charge in [0.1, 0.15) is 11.5 Å². The number of nitrogens with one attached hydrogen (secondary N) is 1. The van der Waals surface area contributed by atoms with Crippen LogP contribution in [0.15, 0.2) is 47.8 Å². The Labute approximate surface area is 177 Å². The molecule has 3 rings (SSSR count). The zero-order chi connectivity index (χ0) is 19.9. The number of benzene rings is 2. The lowest BCUT2D eigenvalue weighted by atomic mass is 10.1. The number of halogens is 1. The molecule has 0 fully saturated rings. The number of rotatable bonds is 8. The lowest BCUT2D eigenvalue weighted by Crippen LogP contribution is -2.14. The summed E-state index contributed by atoms with van der Waals surface area (Å²) < 4.78 is 10.6. The minimum absolute atomic E-state index is 0.0819. The molecule has 2 aromatic carbocycles. The smallest absolute Gasteiger partial charge is 0.236 e. The van der Waals surface area contributed by atoms with Gasteiger partial charge in [-0.25, -0.2) is 4.98 Å². The van der Waals surface area contributed by atoms with Gasteiger partial charge in [-0.05, 0) is 29.8 Å². The molecule has 1 N–H and O–H groups in total. The van der Waals surface area contributed by atoms with Crippen LogP contribution < -0.4 is 14.8 Å². The highest BCUT2D eigenvalue weighted by atomic mass is 35.5. The fraction of sp³-hybridized carbons (Fsp3) is 0.200. The lowest BCUT2D eigenvalue weighted by Gasteiger charge is -2.08. The van der Waals surface area contributed by atoms with Crippen LogP contribution in [-0.4, -0.2) is 30.9 Å². The van der Waals surface area contributed by atoms with Crippen molar-refractivity contribution in [2.24, 2.45) is 0 Å². The van der Waals surface area contributed by atoms with Gasteiger partial charge < -0.3 is 14.8 Å². The topological polar surface area (TPSA) is 60.5 Å². The van der Waals surface area contributed by atoms with Gasteiger partial charge in [0.15, 0.2) is 5.13 Å². The van der Waals surface area contributed by atoms with Gasteiger partial charge in [0.05, 0.1) is 25.7 Å². The maximum Gasteiger partial charge on any atom is 0.236 e. The Bertz CT molecular complexity index is 945. The third-order valence-electron chi connectivity index (χ3n) is 3.85. The zero-order valence-corrected chi connectivity index (χ0v) is 17.8. The number of thioether (sulfide) groups is 1. The van der Waals surface area contributed by atoms with Crippen molar-refractivity contribution in [1.82, 2.24) is 4.98 Å². The Hall–Kier alpha value is -2.22. The van der Waals surface area contributed by atoms with Crippen LogP contribution in [0.4, 0.5) is 5.13 Å². The predicted molar refractivity (Wildman–Crippen MR) is 117 cm³/mol. The van der Waals surface area contributed by atoms with Gasteiger partial charge in [-0.1, -0.05) is 23.7 Å². The second-order valence-electron chi connectivity index (χ2n) is 5.77. The Morgan fingerprint density at radius 1 is 1.18 bits per heavy atom. The van der Waals surface area contributed by atoms with E-state index < -0.39 is 0 Å². The molecule has 3 aromatic rings. The second-order valence-corrected chi connectivity index (χ2v) is 8.05. The molecular weight excluding hydrogens is 416 g/mol. The number of ether oxygens (including phenoxy) is 2. The SMILES string of the molecule is COc1ccc(-c2csc(NC(=O)CSCc3ccc(Cl)cc3)n2)c(OC)c1. The van der Waals surface area contributed by atoms with Gasteiger partial charge >= 0.3 is 0 Å². The fourth-order valence-electron chi connectivity index (χ4n) is 2.46. The average molecular weight is 435 g/mol. The molecule has 0 unspecified atom stereocenters. The van der Waals surface area contributed by atoms with Crippen molar-refractivity contribution < 1.29 is 14.3 Å². The van der Waals surface area contributed by atoms with E-state index in [1.807, 2.05) is 41.8 Å². The summed E-state index contributed by atoms with van der Waals surface area (Å²) in [6.07, 6.45) is 0. The van der Waals surface area contributed by atoms with Crippen molar-refractivity contribution in [3.63, 3.8) is 0 Å². The van der Waals surface area contributed by atoms with Crippen LogP contribution in [0.3, 0.4) is 0 Å². The summed E-state index contributed by atoms with van der Waals surface area (Å²) in [6.45, 7) is 0. The first-order chi connectivity index (χ1) is 13.6. The molecule has 0 saturated heterocycles. The normalized spacial score (nSPS) is 10.5. The first-order valence-electron chi connectivity index (χ1n) is 8.39. The Kier molecular flexibility index (Phi) is 7.19. The maximum atomic E-state index is 12.2. The number of carbonyl (C=O) groups is 1. The molecule has 0 aliphatic rings. The monoisotopic (exact) mass is 434 g/mol. The van der Waals surface area contributed by atoms with Crippen LogP contribution in [0, 0.1) is 0 Å². The van der Waals surface area contributed by atoms with Gasteiger partial charge in [0, 0.05) is 27.8 Å². The summed E-state index contributed by atoms with van der Waals surface area (Å²) in [4.78, 5) is 16.7. The van der Waals surface area contributed by atoms with E-state index in [1.54, 1.807) is 32.0 Å². The van der Waals surface area contributed by atoms with Gasteiger partial charge in [-0.2, -0.15) is 0 Å². The van der Waals surface area contributed by atoms with Crippen molar-refractivity contribution in [2.75, 3.05) is 25.3 Å². The molecule has 0 saturated carbocycles. The van der Waals surface area contributed by atoms with Crippen LogP contribution in [0.5, 0.6) is 11.5 Å². The molecule has 0 spiro atoms. The summed E-state index contributed by atoms with van der Waals surface area (Å²) in [7, 11) is 3.21. The summed E-state index contributed by atoms with van der Waals surface area (Å²) in [6, 6.07) is 13.2. The molecule has 0 aliphatic heterocycles. The highest BCUT2D eigenvalue weighted by Gasteiger charge is 2.13. The number of methoxy groups -OCH3 is 2. The van der Waals surface area contributed by atoms with Crippen molar-refractivity contribution in [1.29, 1.82) is 0 Å². The molecule has 0 radical (unpaired) electrons. The first-order valence-corrected chi connectivity index (χ1v) is 10.8. The van der Waals surface area contributed by atoms with Crippen molar-refractivity contribution in [3.8, 4) is 22.8 Å². The average Bonchev–Trinajstić information content (AvgIpc) is 3.17. The van der Waals surface area contributed by atoms with Crippen molar-refractivity contribution in [2.45, 2.75) is 5.75 Å². The summed E-state index contributed by atoms with van der Waals surface area (Å²) in [5.41, 5.74) is 2.72. The van der Waals surface area contributed by atoms with Crippen LogP contribution in [0.25, 0.3) is 11.3 Å². The number of aromatic nitrogens is 1. The second kappa shape index (κ2) is 9.82. The fourth-order valence-corrected chi connectivity index (χ4v) is 4.10. The number of thiazole rings is 1. The van der Waals surface area contributed by atoms with Gasteiger partial charge in [0.25, 0.3) is 0 Å². The minimum atomic E-state index is -0.0819. The third kappa shape index (κ3) is 5.41. The summed E-state index contributed by atoms with van der Waals surface area (Å²) in [5, 5.41) is 6.01. The zero-order valence-electron chi connectivity index (χ0n) is 15.4. The van der Waals surface area contributed by atoms with Crippen LogP contribution >= 0.6 is 34.7 Å². The molecular formula is C20H19ClN2O3S2. The van der Waals surface area contributed by atoms with E-state index >= 15 is 0 Å². The molecule has 0 aliphatic carbocycles. The maximum absolute atomic E-state index is 12.2. The van der Waals surface area contributed by atoms with Crippen molar-refractivity contribution in [3.05, 3.63) is 58.4 Å². The van der Waals surface area contributed by atoms with E-state index in [1.165, 1.54) is 11.3 Å². The van der Waals surface area contributed by atoms with E-state index in [4.69, 9.17) is 21.1 Å². The summed E-state index contributed by atoms with van der Waals surface area (Å²) in [5.74, 6) is 2.39. The first kappa shape index (κ1) is 20.5. The number of hydrogen-bond donors (Lipinski definition) is 1. The number of nitrogens with zero attached hydrogens (tertiary/aromatic N) is 1. The van der Waals surface area contributed by atoms with Gasteiger partial charge in [-0.3, -0.25) is 4.79 Å². The van der Waals surface area contributed by atoms with E-state index in [2.05, 4.69) is 10.3 Å². The summed E-state index contributed by atoms with van der Waals surface area (Å²) >= 11 is 8.80. The van der Waals surface area contributed by atoms with Gasteiger partial charge in [-0.15, -0.1) is 23.1 Å². The Morgan fingerprint density at radius 2 is 1.96 bits per heavy atom. The van der Waals surface area contributed by atoms with E-state index in [9.17, 15) is 4.79 Å². The highest BCUT2D eigenvalue weighted by molar-refractivity contribution is 7.99. The highest BCUT2D eigenvalue weighted by Crippen LogP contribution is 2.34. The number of anilines is 1. The standard InChI is InChI=1S/C20H19ClN2O3S2/c1-25-15-7-8-16(18(9-15)26-2)17-11-28-20(22-17)23-19(24)12-27-10-13-3-5-14(21)6-4-13/h3-9,11H,10,12H2,1-2H3,(H,22,23,24). The Morgan fingerprint density at radius 3 is 2.68 bits per heavy atom. The minimum Gasteiger partial charge on any atom is -0.497 e. The largest absolute Gasteiger partial charge is 0.497 e. The molecule has 1 heterocycles. The van der Waals surface area contributed by atoms with Gasteiger partial charge in [0.2, 0.25) is 5.91 Å². The van der Waals surface area contributed by atoms with Crippen LogP contribution in [0.2, 0.25) is 5.02 Å². The number of hydrogen-bond acceptors (Lipinski definition) is 6. The van der Waals surface area contributed by atoms with Crippen molar-refractivity contribution >= 4 is 45.7 Å². The molecule has 5 nitrogen and oxygen atoms in total. The quantitative estimate of drug-likeness (QED) is 0.517. The lowest BCUT2D eigenvalue weighted by molar-refractivity contribution is -0.113. The molecule has 146 valence electrons. The van der Waals surface area contributed by atoms with E-state index in [-0.39, 0.29) is 5.91 Å². The van der Waals surface area contributed by atoms with E-state index in [0.29, 0.717) is 27.4 Å². The molecule has 8 heteroatoms. The van der Waals surface area contributed by atoms with E-state index in [0.717, 1.165) is 22.6 Å². The molecule has 0 bridgehead atoms. The number of amides is 1. The third-order valence-corrected chi connectivity index (χ3v) is 5.86. The molecule has 28 heavy (non-hydrogen) atoms.